The Morgan fingerprint density at radius 1 is 1.19 bits per heavy atom. The minimum absolute atomic E-state index is 0.0278. The number of aliphatic hydroxyl groups is 1. The maximum atomic E-state index is 13.8. The van der Waals surface area contributed by atoms with Crippen LogP contribution in [0.25, 0.3) is 0 Å². The molecule has 0 saturated carbocycles. The molecule has 0 spiro atoms. The Kier molecular flexibility index (Phi) is 5.70. The van der Waals surface area contributed by atoms with Crippen LogP contribution < -0.4 is 0 Å². The summed E-state index contributed by atoms with van der Waals surface area (Å²) in [5.41, 5.74) is -2.59. The van der Waals surface area contributed by atoms with Crippen LogP contribution in [-0.4, -0.2) is 59.8 Å². The van der Waals surface area contributed by atoms with Crippen molar-refractivity contribution in [2.45, 2.75) is 56.5 Å². The maximum Gasteiger partial charge on any atom is 0.419 e. The summed E-state index contributed by atoms with van der Waals surface area (Å²) >= 11 is 0. The lowest BCUT2D eigenvalue weighted by Gasteiger charge is -2.37. The average molecular weight is 375 g/mol. The molecule has 1 aromatic carbocycles. The standard InChI is InChI=1S/C18H24F3NO4/c1-16(2)25-13(15(23)22(3)4)14(26-16)17(24,18(19,20)21)11-10-12-8-6-5-7-9-12/h5-9,13-14,24H,10-11H2,1-4H3/t13-,14-,17-/m1/s1. The number of carbonyl (C=O) groups is 1. The summed E-state index contributed by atoms with van der Waals surface area (Å²) in [7, 11) is 2.81. The molecule has 146 valence electrons. The van der Waals surface area contributed by atoms with Gasteiger partial charge in [0.25, 0.3) is 5.91 Å². The number of benzene rings is 1. The molecule has 0 aromatic heterocycles. The number of amides is 1. The number of likely N-dealkylation sites (N-methyl/N-ethyl adjacent to an activating group) is 1. The second kappa shape index (κ2) is 7.17. The number of halogens is 3. The van der Waals surface area contributed by atoms with Crippen molar-refractivity contribution in [1.29, 1.82) is 0 Å². The number of nitrogens with zero attached hydrogens (tertiary/aromatic N) is 1. The fourth-order valence-corrected chi connectivity index (χ4v) is 2.97. The molecule has 1 amide bonds. The van der Waals surface area contributed by atoms with Gasteiger partial charge in [0.05, 0.1) is 0 Å². The fourth-order valence-electron chi connectivity index (χ4n) is 2.97. The third-order valence-electron chi connectivity index (χ3n) is 4.38. The lowest BCUT2D eigenvalue weighted by atomic mass is 9.85. The van der Waals surface area contributed by atoms with Crippen LogP contribution in [-0.2, 0) is 20.7 Å². The van der Waals surface area contributed by atoms with Crippen LogP contribution in [0.2, 0.25) is 0 Å². The van der Waals surface area contributed by atoms with Crippen LogP contribution in [0.3, 0.4) is 0 Å². The molecule has 2 rings (SSSR count). The SMILES string of the molecule is CN(C)C(=O)[C@@H]1OC(C)(C)O[C@H]1[C@](O)(CCc1ccccc1)C(F)(F)F. The zero-order valence-electron chi connectivity index (χ0n) is 15.2. The lowest BCUT2D eigenvalue weighted by Crippen LogP contribution is -2.60. The number of hydrogen-bond donors (Lipinski definition) is 1. The third kappa shape index (κ3) is 4.19. The molecule has 8 heteroatoms. The largest absolute Gasteiger partial charge is 0.419 e. The Labute approximate surface area is 150 Å². The topological polar surface area (TPSA) is 59.0 Å². The van der Waals surface area contributed by atoms with Gasteiger partial charge >= 0.3 is 6.18 Å². The van der Waals surface area contributed by atoms with E-state index in [0.29, 0.717) is 5.56 Å². The van der Waals surface area contributed by atoms with Crippen molar-refractivity contribution in [3.8, 4) is 0 Å². The Bertz CT molecular complexity index is 633. The number of ether oxygens (including phenoxy) is 2. The van der Waals surface area contributed by atoms with Crippen molar-refractivity contribution in [3.05, 3.63) is 35.9 Å². The molecule has 0 unspecified atom stereocenters. The summed E-state index contributed by atoms with van der Waals surface area (Å²) in [6.07, 6.45) is -9.10. The fraction of sp³-hybridized carbons (Fsp3) is 0.611. The minimum Gasteiger partial charge on any atom is -0.378 e. The number of hydrogen-bond acceptors (Lipinski definition) is 4. The van der Waals surface area contributed by atoms with Gasteiger partial charge in [-0.15, -0.1) is 0 Å². The van der Waals surface area contributed by atoms with E-state index in [1.165, 1.54) is 27.9 Å². The molecule has 1 fully saturated rings. The molecule has 0 bridgehead atoms. The maximum absolute atomic E-state index is 13.8. The van der Waals surface area contributed by atoms with E-state index in [-0.39, 0.29) is 6.42 Å². The molecule has 1 aliphatic rings. The van der Waals surface area contributed by atoms with E-state index in [9.17, 15) is 23.1 Å². The van der Waals surface area contributed by atoms with Crippen molar-refractivity contribution < 1.29 is 32.5 Å². The highest BCUT2D eigenvalue weighted by atomic mass is 19.4. The van der Waals surface area contributed by atoms with Gasteiger partial charge in [0, 0.05) is 14.1 Å². The van der Waals surface area contributed by atoms with Crippen LogP contribution in [0, 0.1) is 0 Å². The first-order valence-electron chi connectivity index (χ1n) is 8.27. The molecule has 3 atom stereocenters. The van der Waals surface area contributed by atoms with Crippen LogP contribution >= 0.6 is 0 Å². The van der Waals surface area contributed by atoms with Gasteiger partial charge in [-0.05, 0) is 32.3 Å². The normalized spacial score (nSPS) is 24.9. The summed E-state index contributed by atoms with van der Waals surface area (Å²) in [6, 6.07) is 8.52. The van der Waals surface area contributed by atoms with Crippen LogP contribution in [0.1, 0.15) is 25.8 Å². The average Bonchev–Trinajstić information content (AvgIpc) is 2.87. The van der Waals surface area contributed by atoms with Crippen LogP contribution in [0.5, 0.6) is 0 Å². The zero-order valence-corrected chi connectivity index (χ0v) is 15.2. The zero-order chi connectivity index (χ0) is 19.8. The number of alkyl halides is 3. The van der Waals surface area contributed by atoms with Crippen molar-refractivity contribution in [2.24, 2.45) is 0 Å². The summed E-state index contributed by atoms with van der Waals surface area (Å²) in [5, 5.41) is 10.6. The quantitative estimate of drug-likeness (QED) is 0.859. The first kappa shape index (κ1) is 20.7. The highest BCUT2D eigenvalue weighted by Crippen LogP contribution is 2.45. The second-order valence-electron chi connectivity index (χ2n) is 7.12. The Morgan fingerprint density at radius 2 is 1.77 bits per heavy atom. The number of rotatable bonds is 5. The van der Waals surface area contributed by atoms with Gasteiger partial charge in [-0.1, -0.05) is 30.3 Å². The molecule has 1 heterocycles. The predicted octanol–water partition coefficient (Wildman–Crippen LogP) is 2.52. The van der Waals surface area contributed by atoms with E-state index in [2.05, 4.69) is 0 Å². The van der Waals surface area contributed by atoms with E-state index >= 15 is 0 Å². The molecule has 1 saturated heterocycles. The summed E-state index contributed by atoms with van der Waals surface area (Å²) in [6.45, 7) is 2.83. The van der Waals surface area contributed by atoms with E-state index in [0.717, 1.165) is 4.90 Å². The Hall–Kier alpha value is -1.64. The van der Waals surface area contributed by atoms with Gasteiger partial charge in [-0.2, -0.15) is 13.2 Å². The summed E-state index contributed by atoms with van der Waals surface area (Å²) in [5.74, 6) is -2.12. The first-order chi connectivity index (χ1) is 11.9. The summed E-state index contributed by atoms with van der Waals surface area (Å²) in [4.78, 5) is 13.5. The summed E-state index contributed by atoms with van der Waals surface area (Å²) < 4.78 is 52.3. The highest BCUT2D eigenvalue weighted by molar-refractivity contribution is 5.81. The van der Waals surface area contributed by atoms with Gasteiger partial charge in [0.1, 0.15) is 6.10 Å². The van der Waals surface area contributed by atoms with E-state index in [4.69, 9.17) is 9.47 Å². The van der Waals surface area contributed by atoms with Crippen molar-refractivity contribution in [1.82, 2.24) is 4.90 Å². The Morgan fingerprint density at radius 3 is 2.27 bits per heavy atom. The van der Waals surface area contributed by atoms with Crippen LogP contribution in [0.4, 0.5) is 13.2 Å². The van der Waals surface area contributed by atoms with Crippen molar-refractivity contribution in [3.63, 3.8) is 0 Å². The third-order valence-corrected chi connectivity index (χ3v) is 4.38. The number of aryl methyl sites for hydroxylation is 1. The van der Waals surface area contributed by atoms with Crippen molar-refractivity contribution >= 4 is 5.91 Å². The lowest BCUT2D eigenvalue weighted by molar-refractivity contribution is -0.301. The minimum atomic E-state index is -5.00. The highest BCUT2D eigenvalue weighted by Gasteiger charge is 2.66. The molecule has 1 aromatic rings. The van der Waals surface area contributed by atoms with E-state index in [1.807, 2.05) is 0 Å². The van der Waals surface area contributed by atoms with Gasteiger partial charge in [0.15, 0.2) is 17.5 Å². The van der Waals surface area contributed by atoms with Gasteiger partial charge in [0.2, 0.25) is 0 Å². The molecule has 1 N–H and O–H groups in total. The van der Waals surface area contributed by atoms with E-state index < -0.39 is 42.1 Å². The monoisotopic (exact) mass is 375 g/mol. The Balaban J connectivity index is 2.35. The first-order valence-corrected chi connectivity index (χ1v) is 8.27. The van der Waals surface area contributed by atoms with Gasteiger partial charge < -0.3 is 19.5 Å². The number of carbonyl (C=O) groups excluding carboxylic acids is 1. The van der Waals surface area contributed by atoms with E-state index in [1.54, 1.807) is 30.3 Å². The smallest absolute Gasteiger partial charge is 0.378 e. The van der Waals surface area contributed by atoms with Crippen molar-refractivity contribution in [2.75, 3.05) is 14.1 Å². The van der Waals surface area contributed by atoms with Gasteiger partial charge in [-0.25, -0.2) is 0 Å². The predicted molar refractivity (Wildman–Crippen MR) is 88.3 cm³/mol. The molecule has 5 nitrogen and oxygen atoms in total. The second-order valence-corrected chi connectivity index (χ2v) is 7.12. The molecular weight excluding hydrogens is 351 g/mol. The molecule has 26 heavy (non-hydrogen) atoms. The molecular formula is C18H24F3NO4. The van der Waals surface area contributed by atoms with Gasteiger partial charge in [-0.3, -0.25) is 4.79 Å². The van der Waals surface area contributed by atoms with Crippen LogP contribution in [0.15, 0.2) is 30.3 Å². The molecule has 1 aliphatic heterocycles. The molecule has 0 aliphatic carbocycles. The molecule has 0 radical (unpaired) electrons.